The van der Waals surface area contributed by atoms with Crippen LogP contribution in [0, 0.1) is 0 Å². The molecule has 0 spiro atoms. The maximum absolute atomic E-state index is 11.6. The number of rotatable bonds is 4. The van der Waals surface area contributed by atoms with E-state index in [0.29, 0.717) is 17.9 Å². The fourth-order valence-electron chi connectivity index (χ4n) is 1.55. The van der Waals surface area contributed by atoms with Gasteiger partial charge in [-0.25, -0.2) is 4.79 Å². The minimum Gasteiger partial charge on any atom is -0.487 e. The maximum atomic E-state index is 11.6. The first-order chi connectivity index (χ1) is 8.81. The molecule has 0 aliphatic heterocycles. The molecule has 4 nitrogen and oxygen atoms in total. The van der Waals surface area contributed by atoms with Crippen LogP contribution in [0.4, 0.5) is 0 Å². The number of aromatic nitrogens is 1. The van der Waals surface area contributed by atoms with E-state index in [2.05, 4.69) is 4.98 Å². The lowest BCUT2D eigenvalue weighted by atomic mass is 10.1. The van der Waals surface area contributed by atoms with Gasteiger partial charge >= 0.3 is 5.97 Å². The lowest BCUT2D eigenvalue weighted by Gasteiger charge is -2.09. The molecule has 0 saturated heterocycles. The second-order valence-corrected chi connectivity index (χ2v) is 3.63. The SMILES string of the molecule is COC(=O)c1ccccc1COc1cccnc1. The van der Waals surface area contributed by atoms with Crippen LogP contribution in [0.2, 0.25) is 0 Å². The van der Waals surface area contributed by atoms with Crippen LogP contribution in [-0.4, -0.2) is 18.1 Å². The molecule has 0 atom stereocenters. The highest BCUT2D eigenvalue weighted by Gasteiger charge is 2.11. The first-order valence-electron chi connectivity index (χ1n) is 5.50. The fraction of sp³-hybridized carbons (Fsp3) is 0.143. The van der Waals surface area contributed by atoms with E-state index in [0.717, 1.165) is 5.56 Å². The molecule has 0 unspecified atom stereocenters. The zero-order valence-electron chi connectivity index (χ0n) is 10.00. The number of esters is 1. The van der Waals surface area contributed by atoms with Crippen LogP contribution < -0.4 is 4.74 Å². The molecule has 0 bridgehead atoms. The van der Waals surface area contributed by atoms with Gasteiger partial charge in [-0.05, 0) is 18.2 Å². The molecule has 0 amide bonds. The van der Waals surface area contributed by atoms with E-state index in [1.165, 1.54) is 7.11 Å². The summed E-state index contributed by atoms with van der Waals surface area (Å²) in [5.41, 5.74) is 1.30. The summed E-state index contributed by atoms with van der Waals surface area (Å²) in [6, 6.07) is 10.8. The van der Waals surface area contributed by atoms with Crippen molar-refractivity contribution in [2.75, 3.05) is 7.11 Å². The quantitative estimate of drug-likeness (QED) is 0.774. The molecular weight excluding hydrogens is 230 g/mol. The van der Waals surface area contributed by atoms with Gasteiger partial charge in [-0.2, -0.15) is 0 Å². The molecule has 18 heavy (non-hydrogen) atoms. The molecule has 0 aliphatic rings. The predicted octanol–water partition coefficient (Wildman–Crippen LogP) is 2.45. The van der Waals surface area contributed by atoms with Gasteiger partial charge in [0.25, 0.3) is 0 Å². The molecule has 2 rings (SSSR count). The number of carbonyl (C=O) groups is 1. The van der Waals surface area contributed by atoms with Gasteiger partial charge in [0.1, 0.15) is 12.4 Å². The second-order valence-electron chi connectivity index (χ2n) is 3.63. The predicted molar refractivity (Wildman–Crippen MR) is 66.4 cm³/mol. The molecule has 1 aromatic carbocycles. The van der Waals surface area contributed by atoms with Gasteiger partial charge in [0.15, 0.2) is 0 Å². The fourth-order valence-corrected chi connectivity index (χ4v) is 1.55. The van der Waals surface area contributed by atoms with Crippen molar-refractivity contribution < 1.29 is 14.3 Å². The molecule has 0 saturated carbocycles. The van der Waals surface area contributed by atoms with E-state index < -0.39 is 0 Å². The average molecular weight is 243 g/mol. The summed E-state index contributed by atoms with van der Waals surface area (Å²) in [6.45, 7) is 0.303. The zero-order chi connectivity index (χ0) is 12.8. The lowest BCUT2D eigenvalue weighted by molar-refractivity contribution is 0.0597. The largest absolute Gasteiger partial charge is 0.487 e. The molecular formula is C14H13NO3. The Kier molecular flexibility index (Phi) is 3.91. The van der Waals surface area contributed by atoms with Crippen molar-refractivity contribution >= 4 is 5.97 Å². The molecule has 0 radical (unpaired) electrons. The first kappa shape index (κ1) is 12.1. The average Bonchev–Trinajstić information content (AvgIpc) is 2.45. The Bertz CT molecular complexity index is 526. The molecule has 4 heteroatoms. The van der Waals surface area contributed by atoms with Crippen molar-refractivity contribution in [2.24, 2.45) is 0 Å². The van der Waals surface area contributed by atoms with Crippen molar-refractivity contribution in [1.82, 2.24) is 4.98 Å². The third-order valence-electron chi connectivity index (χ3n) is 2.45. The van der Waals surface area contributed by atoms with Crippen LogP contribution in [0.15, 0.2) is 48.8 Å². The molecule has 0 fully saturated rings. The normalized spacial score (nSPS) is 9.83. The number of carbonyl (C=O) groups excluding carboxylic acids is 1. The number of methoxy groups -OCH3 is 1. The monoisotopic (exact) mass is 243 g/mol. The van der Waals surface area contributed by atoms with Crippen LogP contribution in [0.5, 0.6) is 5.75 Å². The Morgan fingerprint density at radius 2 is 2.06 bits per heavy atom. The second kappa shape index (κ2) is 5.82. The standard InChI is InChI=1S/C14H13NO3/c1-17-14(16)13-7-3-2-5-11(13)10-18-12-6-4-8-15-9-12/h2-9H,10H2,1H3. The van der Waals surface area contributed by atoms with Crippen LogP contribution in [0.3, 0.4) is 0 Å². The smallest absolute Gasteiger partial charge is 0.338 e. The van der Waals surface area contributed by atoms with Crippen LogP contribution >= 0.6 is 0 Å². The number of pyridine rings is 1. The summed E-state index contributed by atoms with van der Waals surface area (Å²) in [5.74, 6) is 0.303. The number of benzene rings is 1. The highest BCUT2D eigenvalue weighted by molar-refractivity contribution is 5.90. The van der Waals surface area contributed by atoms with Crippen molar-refractivity contribution in [3.8, 4) is 5.75 Å². The minimum atomic E-state index is -0.361. The molecule has 2 aromatic rings. The number of nitrogens with zero attached hydrogens (tertiary/aromatic N) is 1. The summed E-state index contributed by atoms with van der Waals surface area (Å²) < 4.78 is 10.3. The van der Waals surface area contributed by atoms with Crippen LogP contribution in [-0.2, 0) is 11.3 Å². The summed E-state index contributed by atoms with van der Waals surface area (Å²) in [7, 11) is 1.36. The van der Waals surface area contributed by atoms with E-state index in [4.69, 9.17) is 9.47 Å². The van der Waals surface area contributed by atoms with E-state index in [1.807, 2.05) is 18.2 Å². The van der Waals surface area contributed by atoms with Crippen molar-refractivity contribution in [2.45, 2.75) is 6.61 Å². The summed E-state index contributed by atoms with van der Waals surface area (Å²) in [4.78, 5) is 15.5. The summed E-state index contributed by atoms with van der Waals surface area (Å²) in [6.07, 6.45) is 3.30. The molecule has 0 N–H and O–H groups in total. The van der Waals surface area contributed by atoms with Crippen LogP contribution in [0.25, 0.3) is 0 Å². The highest BCUT2D eigenvalue weighted by atomic mass is 16.5. The van der Waals surface area contributed by atoms with Crippen molar-refractivity contribution in [3.05, 3.63) is 59.9 Å². The number of hydrogen-bond acceptors (Lipinski definition) is 4. The Hall–Kier alpha value is -2.36. The van der Waals surface area contributed by atoms with Crippen molar-refractivity contribution in [3.63, 3.8) is 0 Å². The van der Waals surface area contributed by atoms with E-state index >= 15 is 0 Å². The van der Waals surface area contributed by atoms with Gasteiger partial charge in [0.2, 0.25) is 0 Å². The third kappa shape index (κ3) is 2.85. The number of hydrogen-bond donors (Lipinski definition) is 0. The van der Waals surface area contributed by atoms with Gasteiger partial charge in [0.05, 0.1) is 18.9 Å². The summed E-state index contributed by atoms with van der Waals surface area (Å²) in [5, 5.41) is 0. The van der Waals surface area contributed by atoms with E-state index in [1.54, 1.807) is 30.6 Å². The van der Waals surface area contributed by atoms with E-state index in [9.17, 15) is 4.79 Å². The van der Waals surface area contributed by atoms with Gasteiger partial charge < -0.3 is 9.47 Å². The lowest BCUT2D eigenvalue weighted by Crippen LogP contribution is -2.07. The molecule has 92 valence electrons. The molecule has 1 heterocycles. The zero-order valence-corrected chi connectivity index (χ0v) is 10.00. The molecule has 0 aliphatic carbocycles. The van der Waals surface area contributed by atoms with Crippen molar-refractivity contribution in [1.29, 1.82) is 0 Å². The topological polar surface area (TPSA) is 48.4 Å². The first-order valence-corrected chi connectivity index (χ1v) is 5.50. The maximum Gasteiger partial charge on any atom is 0.338 e. The van der Waals surface area contributed by atoms with Gasteiger partial charge in [-0.3, -0.25) is 4.98 Å². The number of ether oxygens (including phenoxy) is 2. The highest BCUT2D eigenvalue weighted by Crippen LogP contribution is 2.14. The molecule has 1 aromatic heterocycles. The third-order valence-corrected chi connectivity index (χ3v) is 2.45. The Balaban J connectivity index is 2.12. The Morgan fingerprint density at radius 1 is 1.22 bits per heavy atom. The Morgan fingerprint density at radius 3 is 2.78 bits per heavy atom. The Labute approximate surface area is 105 Å². The van der Waals surface area contributed by atoms with Gasteiger partial charge in [-0.1, -0.05) is 18.2 Å². The summed E-state index contributed by atoms with van der Waals surface area (Å²) >= 11 is 0. The van der Waals surface area contributed by atoms with Gasteiger partial charge in [0, 0.05) is 11.8 Å². The van der Waals surface area contributed by atoms with Crippen LogP contribution in [0.1, 0.15) is 15.9 Å². The van der Waals surface area contributed by atoms with E-state index in [-0.39, 0.29) is 5.97 Å². The van der Waals surface area contributed by atoms with Gasteiger partial charge in [-0.15, -0.1) is 0 Å². The minimum absolute atomic E-state index is 0.303.